The number of nitrogens with zero attached hydrogens (tertiary/aromatic N) is 4. The van der Waals surface area contributed by atoms with Crippen molar-refractivity contribution >= 4 is 17.5 Å². The molecule has 1 saturated carbocycles. The maximum absolute atomic E-state index is 12.9. The van der Waals surface area contributed by atoms with Crippen LogP contribution in [0.1, 0.15) is 56.1 Å². The number of nitro groups is 1. The van der Waals surface area contributed by atoms with Crippen molar-refractivity contribution in [2.75, 3.05) is 7.05 Å². The van der Waals surface area contributed by atoms with E-state index in [0.717, 1.165) is 24.0 Å². The third kappa shape index (κ3) is 5.14. The molecule has 1 heterocycles. The van der Waals surface area contributed by atoms with Crippen molar-refractivity contribution in [1.29, 1.82) is 0 Å². The number of rotatable bonds is 8. The van der Waals surface area contributed by atoms with Crippen LogP contribution in [0.15, 0.2) is 48.5 Å². The molecule has 9 heteroatoms. The minimum absolute atomic E-state index is 0.0324. The lowest BCUT2D eigenvalue weighted by Crippen LogP contribution is -2.27. The van der Waals surface area contributed by atoms with E-state index in [0.29, 0.717) is 41.6 Å². The summed E-state index contributed by atoms with van der Waals surface area (Å²) in [5, 5.41) is 18.4. The van der Waals surface area contributed by atoms with E-state index in [1.165, 1.54) is 0 Å². The van der Waals surface area contributed by atoms with Gasteiger partial charge >= 0.3 is 5.69 Å². The van der Waals surface area contributed by atoms with Crippen LogP contribution in [0.25, 0.3) is 0 Å². The van der Waals surface area contributed by atoms with Gasteiger partial charge in [0.15, 0.2) is 0 Å². The number of benzene rings is 2. The highest BCUT2D eigenvalue weighted by Crippen LogP contribution is 2.23. The van der Waals surface area contributed by atoms with Gasteiger partial charge in [-0.05, 0) is 62.1 Å². The van der Waals surface area contributed by atoms with Gasteiger partial charge in [0.05, 0.1) is 11.5 Å². The van der Waals surface area contributed by atoms with Crippen LogP contribution in [-0.2, 0) is 13.1 Å². The van der Waals surface area contributed by atoms with Crippen molar-refractivity contribution in [1.82, 2.24) is 20.0 Å². The fourth-order valence-electron chi connectivity index (χ4n) is 3.86. The molecule has 176 valence electrons. The third-order valence-electron chi connectivity index (χ3n) is 5.95. The first-order chi connectivity index (χ1) is 16.2. The van der Waals surface area contributed by atoms with E-state index >= 15 is 0 Å². The summed E-state index contributed by atoms with van der Waals surface area (Å²) in [6.07, 6.45) is 2.09. The Hall–Kier alpha value is -4.01. The Balaban J connectivity index is 1.37. The first kappa shape index (κ1) is 23.2. The lowest BCUT2D eigenvalue weighted by atomic mass is 10.1. The van der Waals surface area contributed by atoms with Crippen molar-refractivity contribution in [2.24, 2.45) is 0 Å². The number of amides is 2. The van der Waals surface area contributed by atoms with E-state index in [1.54, 1.807) is 54.7 Å². The zero-order valence-corrected chi connectivity index (χ0v) is 19.4. The highest BCUT2D eigenvalue weighted by atomic mass is 16.6. The van der Waals surface area contributed by atoms with E-state index in [-0.39, 0.29) is 17.5 Å². The zero-order valence-electron chi connectivity index (χ0n) is 19.4. The normalized spacial score (nSPS) is 12.9. The summed E-state index contributed by atoms with van der Waals surface area (Å²) in [7, 11) is 1.74. The molecule has 1 N–H and O–H groups in total. The van der Waals surface area contributed by atoms with Gasteiger partial charge in [-0.25, -0.2) is 0 Å². The summed E-state index contributed by atoms with van der Waals surface area (Å²) < 4.78 is 1.60. The summed E-state index contributed by atoms with van der Waals surface area (Å²) in [5.74, 6) is -0.183. The zero-order chi connectivity index (χ0) is 24.4. The maximum Gasteiger partial charge on any atom is 0.312 e. The van der Waals surface area contributed by atoms with Crippen molar-refractivity contribution in [3.8, 4) is 0 Å². The first-order valence-electron chi connectivity index (χ1n) is 11.2. The van der Waals surface area contributed by atoms with Crippen LogP contribution in [0.4, 0.5) is 5.69 Å². The molecule has 3 aromatic rings. The monoisotopic (exact) mass is 461 g/mol. The summed E-state index contributed by atoms with van der Waals surface area (Å²) in [5.41, 5.74) is 3.90. The standard InChI is InChI=1S/C25H27N5O4/c1-16-23(30(33)34)17(2)29(27-16)15-19-6-10-21(11-7-19)25(32)28(3)14-18-4-8-20(9-5-18)24(31)26-22-12-13-22/h4-11,22H,12-15H2,1-3H3,(H,26,31). The van der Waals surface area contributed by atoms with Crippen molar-refractivity contribution in [3.05, 3.63) is 92.3 Å². The van der Waals surface area contributed by atoms with Crippen LogP contribution in [0.3, 0.4) is 0 Å². The van der Waals surface area contributed by atoms with Gasteiger partial charge in [-0.3, -0.25) is 24.4 Å². The minimum atomic E-state index is -0.414. The molecule has 4 rings (SSSR count). The van der Waals surface area contributed by atoms with Crippen LogP contribution < -0.4 is 5.32 Å². The Labute approximate surface area is 197 Å². The molecule has 9 nitrogen and oxygen atoms in total. The summed E-state index contributed by atoms with van der Waals surface area (Å²) >= 11 is 0. The number of aromatic nitrogens is 2. The molecule has 2 aromatic carbocycles. The molecule has 0 spiro atoms. The highest BCUT2D eigenvalue weighted by Gasteiger charge is 2.24. The van der Waals surface area contributed by atoms with Gasteiger partial charge in [0.25, 0.3) is 11.8 Å². The predicted molar refractivity (Wildman–Crippen MR) is 127 cm³/mol. The maximum atomic E-state index is 12.9. The number of aryl methyl sites for hydroxylation is 1. The summed E-state index contributed by atoms with van der Waals surface area (Å²) in [6, 6.07) is 14.8. The van der Waals surface area contributed by atoms with Gasteiger partial charge in [0.2, 0.25) is 0 Å². The molecular formula is C25H27N5O4. The Morgan fingerprint density at radius 1 is 1.06 bits per heavy atom. The van der Waals surface area contributed by atoms with E-state index in [2.05, 4.69) is 10.4 Å². The van der Waals surface area contributed by atoms with Crippen LogP contribution in [0, 0.1) is 24.0 Å². The number of carbonyl (C=O) groups excluding carboxylic acids is 2. The van der Waals surface area contributed by atoms with E-state index in [9.17, 15) is 19.7 Å². The lowest BCUT2D eigenvalue weighted by Gasteiger charge is -2.18. The fraction of sp³-hybridized carbons (Fsp3) is 0.320. The number of carbonyl (C=O) groups is 2. The quantitative estimate of drug-likeness (QED) is 0.407. The van der Waals surface area contributed by atoms with Crippen LogP contribution >= 0.6 is 0 Å². The summed E-state index contributed by atoms with van der Waals surface area (Å²) in [4.78, 5) is 37.4. The average Bonchev–Trinajstić information content (AvgIpc) is 3.57. The topological polar surface area (TPSA) is 110 Å². The molecule has 0 bridgehead atoms. The minimum Gasteiger partial charge on any atom is -0.349 e. The molecule has 1 fully saturated rings. The molecular weight excluding hydrogens is 434 g/mol. The van der Waals surface area contributed by atoms with Gasteiger partial charge in [0.1, 0.15) is 11.4 Å². The van der Waals surface area contributed by atoms with Crippen LogP contribution in [-0.4, -0.2) is 44.5 Å². The number of nitrogens with one attached hydrogen (secondary N) is 1. The Bertz CT molecular complexity index is 1230. The smallest absolute Gasteiger partial charge is 0.312 e. The first-order valence-corrected chi connectivity index (χ1v) is 11.2. The SMILES string of the molecule is Cc1nn(Cc2ccc(C(=O)N(C)Cc3ccc(C(=O)NC4CC4)cc3)cc2)c(C)c1[N+](=O)[O-]. The van der Waals surface area contributed by atoms with Gasteiger partial charge in [-0.2, -0.15) is 5.10 Å². The molecule has 0 radical (unpaired) electrons. The van der Waals surface area contributed by atoms with Crippen molar-refractivity contribution < 1.29 is 14.5 Å². The average molecular weight is 462 g/mol. The second-order valence-corrected chi connectivity index (χ2v) is 8.74. The van der Waals surface area contributed by atoms with E-state index in [1.807, 2.05) is 24.3 Å². The van der Waals surface area contributed by atoms with Gasteiger partial charge < -0.3 is 10.2 Å². The van der Waals surface area contributed by atoms with E-state index < -0.39 is 4.92 Å². The van der Waals surface area contributed by atoms with Gasteiger partial charge in [-0.15, -0.1) is 0 Å². The highest BCUT2D eigenvalue weighted by molar-refractivity contribution is 5.95. The molecule has 1 aromatic heterocycles. The molecule has 0 unspecified atom stereocenters. The second-order valence-electron chi connectivity index (χ2n) is 8.74. The molecule has 0 atom stereocenters. The number of hydrogen-bond acceptors (Lipinski definition) is 5. The number of hydrogen-bond donors (Lipinski definition) is 1. The van der Waals surface area contributed by atoms with Crippen molar-refractivity contribution in [2.45, 2.75) is 45.8 Å². The molecule has 2 amide bonds. The third-order valence-corrected chi connectivity index (χ3v) is 5.95. The summed E-state index contributed by atoms with van der Waals surface area (Å²) in [6.45, 7) is 4.10. The molecule has 0 aliphatic heterocycles. The van der Waals surface area contributed by atoms with Gasteiger partial charge in [-0.1, -0.05) is 24.3 Å². The molecule has 1 aliphatic rings. The van der Waals surface area contributed by atoms with Gasteiger partial charge in [0, 0.05) is 30.8 Å². The van der Waals surface area contributed by atoms with Crippen molar-refractivity contribution in [3.63, 3.8) is 0 Å². The largest absolute Gasteiger partial charge is 0.349 e. The molecule has 0 saturated heterocycles. The Morgan fingerprint density at radius 3 is 2.21 bits per heavy atom. The van der Waals surface area contributed by atoms with E-state index in [4.69, 9.17) is 0 Å². The fourth-order valence-corrected chi connectivity index (χ4v) is 3.86. The lowest BCUT2D eigenvalue weighted by molar-refractivity contribution is -0.386. The Morgan fingerprint density at radius 2 is 1.65 bits per heavy atom. The molecule has 34 heavy (non-hydrogen) atoms. The predicted octanol–water partition coefficient (Wildman–Crippen LogP) is 3.62. The molecule has 1 aliphatic carbocycles. The Kier molecular flexibility index (Phi) is 6.45. The second kappa shape index (κ2) is 9.46. The van der Waals surface area contributed by atoms with Crippen LogP contribution in [0.2, 0.25) is 0 Å². The van der Waals surface area contributed by atoms with Crippen LogP contribution in [0.5, 0.6) is 0 Å².